The molecule has 0 aromatic carbocycles. The number of hydrogen-bond donors (Lipinski definition) is 2. The Morgan fingerprint density at radius 2 is 1.85 bits per heavy atom. The summed E-state index contributed by atoms with van der Waals surface area (Å²) in [4.78, 5) is 18.2. The van der Waals surface area contributed by atoms with E-state index in [2.05, 4.69) is 15.3 Å². The van der Waals surface area contributed by atoms with Gasteiger partial charge in [0.25, 0.3) is 0 Å². The largest absolute Gasteiger partial charge is 0.476 e. The summed E-state index contributed by atoms with van der Waals surface area (Å²) < 4.78 is 37.6. The number of anilines is 1. The van der Waals surface area contributed by atoms with Gasteiger partial charge in [-0.25, -0.2) is 14.8 Å². The average molecular weight is 289 g/mol. The number of nitrogens with zero attached hydrogens (tertiary/aromatic N) is 2. The predicted molar refractivity (Wildman–Crippen MR) is 64.4 cm³/mol. The summed E-state index contributed by atoms with van der Waals surface area (Å²) in [6, 6.07) is -0.0846. The Kier molecular flexibility index (Phi) is 4.10. The third-order valence-electron chi connectivity index (χ3n) is 3.41. The average Bonchev–Trinajstić information content (AvgIpc) is 2.39. The minimum absolute atomic E-state index is 0.0846. The Hall–Kier alpha value is -1.86. The SMILES string of the molecule is O=C(O)c1cnc(NC2CCC(C(F)(F)F)CC2)cn1. The molecule has 0 amide bonds. The first-order chi connectivity index (χ1) is 9.36. The van der Waals surface area contributed by atoms with E-state index in [0.29, 0.717) is 18.7 Å². The highest BCUT2D eigenvalue weighted by atomic mass is 19.4. The molecule has 5 nitrogen and oxygen atoms in total. The van der Waals surface area contributed by atoms with Gasteiger partial charge in [0.15, 0.2) is 5.69 Å². The van der Waals surface area contributed by atoms with Gasteiger partial charge in [-0.3, -0.25) is 0 Å². The van der Waals surface area contributed by atoms with Gasteiger partial charge in [-0.1, -0.05) is 0 Å². The molecule has 1 fully saturated rings. The second-order valence-electron chi connectivity index (χ2n) is 4.83. The van der Waals surface area contributed by atoms with Crippen LogP contribution in [0.15, 0.2) is 12.4 Å². The molecule has 2 N–H and O–H groups in total. The van der Waals surface area contributed by atoms with E-state index >= 15 is 0 Å². The molecule has 1 aliphatic rings. The molecule has 8 heteroatoms. The van der Waals surface area contributed by atoms with Crippen molar-refractivity contribution in [2.45, 2.75) is 37.9 Å². The molecule has 1 aromatic rings. The fourth-order valence-electron chi connectivity index (χ4n) is 2.29. The number of aromatic nitrogens is 2. The van der Waals surface area contributed by atoms with Gasteiger partial charge in [-0.2, -0.15) is 13.2 Å². The van der Waals surface area contributed by atoms with E-state index in [4.69, 9.17) is 5.11 Å². The Morgan fingerprint density at radius 1 is 1.20 bits per heavy atom. The maximum atomic E-state index is 12.5. The molecule has 0 spiro atoms. The number of carbonyl (C=O) groups is 1. The van der Waals surface area contributed by atoms with E-state index in [1.165, 1.54) is 6.20 Å². The van der Waals surface area contributed by atoms with Crippen LogP contribution < -0.4 is 5.32 Å². The van der Waals surface area contributed by atoms with Crippen LogP contribution in [0.1, 0.15) is 36.2 Å². The molecule has 110 valence electrons. The van der Waals surface area contributed by atoms with E-state index in [-0.39, 0.29) is 24.6 Å². The molecule has 0 unspecified atom stereocenters. The van der Waals surface area contributed by atoms with Crippen LogP contribution in [0.2, 0.25) is 0 Å². The predicted octanol–water partition coefficient (Wildman–Crippen LogP) is 2.71. The molecule has 0 radical (unpaired) electrons. The maximum Gasteiger partial charge on any atom is 0.391 e. The van der Waals surface area contributed by atoms with Crippen molar-refractivity contribution in [2.24, 2.45) is 5.92 Å². The summed E-state index contributed by atoms with van der Waals surface area (Å²) in [5.74, 6) is -2.01. The van der Waals surface area contributed by atoms with Crippen LogP contribution in [0.4, 0.5) is 19.0 Å². The van der Waals surface area contributed by atoms with E-state index in [1.54, 1.807) is 0 Å². The van der Waals surface area contributed by atoms with Crippen LogP contribution in [0.3, 0.4) is 0 Å². The van der Waals surface area contributed by atoms with E-state index in [1.807, 2.05) is 0 Å². The fraction of sp³-hybridized carbons (Fsp3) is 0.583. The lowest BCUT2D eigenvalue weighted by molar-refractivity contribution is -0.182. The molecule has 0 bridgehead atoms. The van der Waals surface area contributed by atoms with Crippen LogP contribution in [0.5, 0.6) is 0 Å². The van der Waals surface area contributed by atoms with Gasteiger partial charge < -0.3 is 10.4 Å². The number of halogens is 3. The number of carboxylic acid groups (broad SMARTS) is 1. The van der Waals surface area contributed by atoms with Crippen molar-refractivity contribution in [1.82, 2.24) is 9.97 Å². The first kappa shape index (κ1) is 14.5. The lowest BCUT2D eigenvalue weighted by Crippen LogP contribution is -2.33. The molecule has 0 aliphatic heterocycles. The van der Waals surface area contributed by atoms with Crippen molar-refractivity contribution in [2.75, 3.05) is 5.32 Å². The molecule has 1 heterocycles. The molecule has 1 aliphatic carbocycles. The third kappa shape index (κ3) is 3.58. The normalized spacial score (nSPS) is 23.4. The Balaban J connectivity index is 1.88. The Labute approximate surface area is 113 Å². The van der Waals surface area contributed by atoms with E-state index < -0.39 is 18.1 Å². The standard InChI is InChI=1S/C12H14F3N3O2/c13-12(14,15)7-1-3-8(4-2-7)18-10-6-16-9(5-17-10)11(19)20/h5-8H,1-4H2,(H,17,18)(H,19,20). The minimum Gasteiger partial charge on any atom is -0.476 e. The number of hydrogen-bond acceptors (Lipinski definition) is 4. The molecule has 1 saturated carbocycles. The highest BCUT2D eigenvalue weighted by Crippen LogP contribution is 2.37. The summed E-state index contributed by atoms with van der Waals surface area (Å²) >= 11 is 0. The third-order valence-corrected chi connectivity index (χ3v) is 3.41. The zero-order valence-electron chi connectivity index (χ0n) is 10.5. The van der Waals surface area contributed by atoms with Crippen molar-refractivity contribution in [3.8, 4) is 0 Å². The van der Waals surface area contributed by atoms with Gasteiger partial charge in [0.1, 0.15) is 5.82 Å². The van der Waals surface area contributed by atoms with Gasteiger partial charge in [-0.15, -0.1) is 0 Å². The maximum absolute atomic E-state index is 12.5. The topological polar surface area (TPSA) is 75.1 Å². The van der Waals surface area contributed by atoms with Crippen LogP contribution in [0, 0.1) is 5.92 Å². The van der Waals surface area contributed by atoms with Crippen LogP contribution >= 0.6 is 0 Å². The number of rotatable bonds is 3. The molecular weight excluding hydrogens is 275 g/mol. The summed E-state index contributed by atoms with van der Waals surface area (Å²) in [5.41, 5.74) is -0.170. The lowest BCUT2D eigenvalue weighted by atomic mass is 9.85. The van der Waals surface area contributed by atoms with E-state index in [9.17, 15) is 18.0 Å². The van der Waals surface area contributed by atoms with Crippen molar-refractivity contribution >= 4 is 11.8 Å². The second kappa shape index (κ2) is 5.64. The number of aromatic carboxylic acids is 1. The van der Waals surface area contributed by atoms with Gasteiger partial charge in [0.05, 0.1) is 18.3 Å². The smallest absolute Gasteiger partial charge is 0.391 e. The fourth-order valence-corrected chi connectivity index (χ4v) is 2.29. The highest BCUT2D eigenvalue weighted by molar-refractivity contribution is 5.84. The number of nitrogens with one attached hydrogen (secondary N) is 1. The Bertz CT molecular complexity index is 468. The minimum atomic E-state index is -4.12. The highest BCUT2D eigenvalue weighted by Gasteiger charge is 2.41. The molecule has 1 aromatic heterocycles. The van der Waals surface area contributed by atoms with Gasteiger partial charge in [0.2, 0.25) is 0 Å². The number of alkyl halides is 3. The van der Waals surface area contributed by atoms with Crippen molar-refractivity contribution in [1.29, 1.82) is 0 Å². The lowest BCUT2D eigenvalue weighted by Gasteiger charge is -2.30. The van der Waals surface area contributed by atoms with Crippen LogP contribution in [0.25, 0.3) is 0 Å². The van der Waals surface area contributed by atoms with Crippen molar-refractivity contribution in [3.63, 3.8) is 0 Å². The summed E-state index contributed by atoms with van der Waals surface area (Å²) in [6.07, 6.45) is -0.706. The number of carboxylic acids is 1. The zero-order chi connectivity index (χ0) is 14.8. The van der Waals surface area contributed by atoms with Crippen LogP contribution in [-0.4, -0.2) is 33.3 Å². The van der Waals surface area contributed by atoms with Crippen LogP contribution in [-0.2, 0) is 0 Å². The second-order valence-corrected chi connectivity index (χ2v) is 4.83. The first-order valence-corrected chi connectivity index (χ1v) is 6.25. The molecule has 2 rings (SSSR count). The monoisotopic (exact) mass is 289 g/mol. The molecule has 0 atom stereocenters. The molecule has 20 heavy (non-hydrogen) atoms. The van der Waals surface area contributed by atoms with Gasteiger partial charge in [-0.05, 0) is 25.7 Å². The summed E-state index contributed by atoms with van der Waals surface area (Å²) in [7, 11) is 0. The van der Waals surface area contributed by atoms with Gasteiger partial charge in [0, 0.05) is 6.04 Å². The van der Waals surface area contributed by atoms with Gasteiger partial charge >= 0.3 is 12.1 Å². The first-order valence-electron chi connectivity index (χ1n) is 6.25. The summed E-state index contributed by atoms with van der Waals surface area (Å²) in [6.45, 7) is 0. The molecular formula is C12H14F3N3O2. The van der Waals surface area contributed by atoms with Crippen molar-refractivity contribution in [3.05, 3.63) is 18.1 Å². The summed E-state index contributed by atoms with van der Waals surface area (Å²) in [5, 5.41) is 11.7. The Morgan fingerprint density at radius 3 is 2.30 bits per heavy atom. The quantitative estimate of drug-likeness (QED) is 0.894. The van der Waals surface area contributed by atoms with Crippen molar-refractivity contribution < 1.29 is 23.1 Å². The van der Waals surface area contributed by atoms with E-state index in [0.717, 1.165) is 6.20 Å². The zero-order valence-corrected chi connectivity index (χ0v) is 10.5. The molecule has 0 saturated heterocycles.